The van der Waals surface area contributed by atoms with Crippen LogP contribution in [-0.2, 0) is 0 Å². The molecule has 0 aliphatic heterocycles. The van der Waals surface area contributed by atoms with Crippen molar-refractivity contribution in [3.63, 3.8) is 0 Å². The van der Waals surface area contributed by atoms with Gasteiger partial charge in [0.2, 0.25) is 0 Å². The Labute approximate surface area is 87.8 Å². The van der Waals surface area contributed by atoms with Gasteiger partial charge in [0.25, 0.3) is 5.56 Å². The highest BCUT2D eigenvalue weighted by Crippen LogP contribution is 2.20. The number of nitrogens with one attached hydrogen (secondary N) is 1. The maximum atomic E-state index is 11.1. The van der Waals surface area contributed by atoms with Crippen LogP contribution in [0.3, 0.4) is 0 Å². The molecule has 1 aromatic carbocycles. The summed E-state index contributed by atoms with van der Waals surface area (Å²) < 4.78 is 0. The zero-order chi connectivity index (χ0) is 10.8. The Morgan fingerprint density at radius 2 is 2.00 bits per heavy atom. The van der Waals surface area contributed by atoms with E-state index in [-0.39, 0.29) is 5.56 Å². The molecule has 0 radical (unpaired) electrons. The van der Waals surface area contributed by atoms with E-state index in [0.29, 0.717) is 0 Å². The summed E-state index contributed by atoms with van der Waals surface area (Å²) in [6.07, 6.45) is 1.43. The standard InChI is InChI=1S/C12H12N2O/c1-8-3-4-10(9(2)5-8)11-6-12(15)14-7-13-11/h3-7H,1-2H3,(H,13,14,15). The number of nitrogens with zero attached hydrogens (tertiary/aromatic N) is 1. The first kappa shape index (κ1) is 9.65. The van der Waals surface area contributed by atoms with Crippen LogP contribution in [0.1, 0.15) is 11.1 Å². The number of benzene rings is 1. The molecule has 0 aliphatic carbocycles. The molecule has 0 saturated carbocycles. The summed E-state index contributed by atoms with van der Waals surface area (Å²) in [5.41, 5.74) is 3.94. The zero-order valence-electron chi connectivity index (χ0n) is 8.74. The van der Waals surface area contributed by atoms with E-state index in [1.807, 2.05) is 26.0 Å². The molecule has 1 aromatic heterocycles. The van der Waals surface area contributed by atoms with Crippen LogP contribution in [0, 0.1) is 13.8 Å². The van der Waals surface area contributed by atoms with E-state index < -0.39 is 0 Å². The molecule has 1 N–H and O–H groups in total. The quantitative estimate of drug-likeness (QED) is 0.765. The molecule has 0 unspecified atom stereocenters. The molecule has 0 aliphatic rings. The van der Waals surface area contributed by atoms with Gasteiger partial charge < -0.3 is 4.98 Å². The van der Waals surface area contributed by atoms with Crippen LogP contribution >= 0.6 is 0 Å². The fraction of sp³-hybridized carbons (Fsp3) is 0.167. The van der Waals surface area contributed by atoms with Crippen LogP contribution in [0.25, 0.3) is 11.3 Å². The van der Waals surface area contributed by atoms with Gasteiger partial charge in [0.15, 0.2) is 0 Å². The Hall–Kier alpha value is -1.90. The number of hydrogen-bond acceptors (Lipinski definition) is 2. The first-order chi connectivity index (χ1) is 7.16. The molecule has 0 atom stereocenters. The highest BCUT2D eigenvalue weighted by Gasteiger charge is 2.03. The predicted molar refractivity (Wildman–Crippen MR) is 59.8 cm³/mol. The Bertz CT molecular complexity index is 543. The average molecular weight is 200 g/mol. The third kappa shape index (κ3) is 1.96. The van der Waals surface area contributed by atoms with Crippen LogP contribution in [-0.4, -0.2) is 9.97 Å². The number of H-pyrrole nitrogens is 1. The second-order valence-electron chi connectivity index (χ2n) is 3.61. The van der Waals surface area contributed by atoms with Gasteiger partial charge in [0.05, 0.1) is 12.0 Å². The van der Waals surface area contributed by atoms with Gasteiger partial charge in [0.1, 0.15) is 0 Å². The third-order valence-electron chi connectivity index (χ3n) is 2.34. The normalized spacial score (nSPS) is 10.3. The number of aromatic nitrogens is 2. The fourth-order valence-electron chi connectivity index (χ4n) is 1.62. The Balaban J connectivity index is 2.59. The molecular formula is C12H12N2O. The Morgan fingerprint density at radius 1 is 1.20 bits per heavy atom. The second-order valence-corrected chi connectivity index (χ2v) is 3.61. The molecule has 2 rings (SSSR count). The van der Waals surface area contributed by atoms with Crippen molar-refractivity contribution in [2.75, 3.05) is 0 Å². The van der Waals surface area contributed by atoms with Crippen LogP contribution in [0.15, 0.2) is 35.4 Å². The molecule has 0 bridgehead atoms. The molecule has 15 heavy (non-hydrogen) atoms. The fourth-order valence-corrected chi connectivity index (χ4v) is 1.62. The van der Waals surface area contributed by atoms with E-state index in [9.17, 15) is 4.79 Å². The van der Waals surface area contributed by atoms with Crippen molar-refractivity contribution in [2.24, 2.45) is 0 Å². The monoisotopic (exact) mass is 200 g/mol. The lowest BCUT2D eigenvalue weighted by molar-refractivity contribution is 1.12. The van der Waals surface area contributed by atoms with Crippen LogP contribution in [0.4, 0.5) is 0 Å². The molecule has 2 aromatic rings. The lowest BCUT2D eigenvalue weighted by Crippen LogP contribution is -2.04. The largest absolute Gasteiger partial charge is 0.313 e. The summed E-state index contributed by atoms with van der Waals surface area (Å²) in [5, 5.41) is 0. The maximum absolute atomic E-state index is 11.1. The van der Waals surface area contributed by atoms with E-state index in [0.717, 1.165) is 16.8 Å². The van der Waals surface area contributed by atoms with Crippen LogP contribution in [0.5, 0.6) is 0 Å². The van der Waals surface area contributed by atoms with Gasteiger partial charge in [-0.3, -0.25) is 4.79 Å². The van der Waals surface area contributed by atoms with Gasteiger partial charge in [0, 0.05) is 11.6 Å². The van der Waals surface area contributed by atoms with Gasteiger partial charge in [-0.25, -0.2) is 4.98 Å². The van der Waals surface area contributed by atoms with Gasteiger partial charge >= 0.3 is 0 Å². The van der Waals surface area contributed by atoms with Crippen molar-refractivity contribution >= 4 is 0 Å². The van der Waals surface area contributed by atoms with E-state index in [2.05, 4.69) is 16.0 Å². The summed E-state index contributed by atoms with van der Waals surface area (Å²) in [4.78, 5) is 17.8. The van der Waals surface area contributed by atoms with E-state index in [1.165, 1.54) is 18.0 Å². The van der Waals surface area contributed by atoms with Gasteiger partial charge in [-0.15, -0.1) is 0 Å². The molecular weight excluding hydrogens is 188 g/mol. The third-order valence-corrected chi connectivity index (χ3v) is 2.34. The highest BCUT2D eigenvalue weighted by atomic mass is 16.1. The molecule has 0 saturated heterocycles. The summed E-state index contributed by atoms with van der Waals surface area (Å²) >= 11 is 0. The minimum Gasteiger partial charge on any atom is -0.313 e. The van der Waals surface area contributed by atoms with Crippen molar-refractivity contribution in [3.05, 3.63) is 52.1 Å². The molecule has 0 fully saturated rings. The van der Waals surface area contributed by atoms with E-state index in [4.69, 9.17) is 0 Å². The molecule has 76 valence electrons. The molecule has 0 amide bonds. The van der Waals surface area contributed by atoms with Gasteiger partial charge in [-0.05, 0) is 19.4 Å². The van der Waals surface area contributed by atoms with E-state index >= 15 is 0 Å². The second kappa shape index (κ2) is 3.69. The summed E-state index contributed by atoms with van der Waals surface area (Å²) in [5.74, 6) is 0. The first-order valence-corrected chi connectivity index (χ1v) is 4.79. The van der Waals surface area contributed by atoms with Gasteiger partial charge in [-0.1, -0.05) is 23.8 Å². The number of aromatic amines is 1. The number of rotatable bonds is 1. The van der Waals surface area contributed by atoms with Crippen LogP contribution in [0.2, 0.25) is 0 Å². The van der Waals surface area contributed by atoms with Crippen molar-refractivity contribution in [2.45, 2.75) is 13.8 Å². The number of hydrogen-bond donors (Lipinski definition) is 1. The van der Waals surface area contributed by atoms with E-state index in [1.54, 1.807) is 0 Å². The first-order valence-electron chi connectivity index (χ1n) is 4.79. The minimum atomic E-state index is -0.125. The summed E-state index contributed by atoms with van der Waals surface area (Å²) in [7, 11) is 0. The topological polar surface area (TPSA) is 45.8 Å². The maximum Gasteiger partial charge on any atom is 0.251 e. The Morgan fingerprint density at radius 3 is 2.67 bits per heavy atom. The molecule has 3 heteroatoms. The molecule has 1 heterocycles. The van der Waals surface area contributed by atoms with Gasteiger partial charge in [-0.2, -0.15) is 0 Å². The van der Waals surface area contributed by atoms with Crippen molar-refractivity contribution in [1.82, 2.24) is 9.97 Å². The molecule has 0 spiro atoms. The lowest BCUT2D eigenvalue weighted by atomic mass is 10.0. The van der Waals surface area contributed by atoms with Crippen LogP contribution < -0.4 is 5.56 Å². The lowest BCUT2D eigenvalue weighted by Gasteiger charge is -2.05. The smallest absolute Gasteiger partial charge is 0.251 e. The Kier molecular flexibility index (Phi) is 2.37. The van der Waals surface area contributed by atoms with Crippen molar-refractivity contribution in [3.8, 4) is 11.3 Å². The van der Waals surface area contributed by atoms with Crippen molar-refractivity contribution in [1.29, 1.82) is 0 Å². The van der Waals surface area contributed by atoms with Crippen molar-refractivity contribution < 1.29 is 0 Å². The SMILES string of the molecule is Cc1ccc(-c2cc(=O)[nH]cn2)c(C)c1. The summed E-state index contributed by atoms with van der Waals surface area (Å²) in [6, 6.07) is 7.60. The number of aryl methyl sites for hydroxylation is 2. The molecule has 3 nitrogen and oxygen atoms in total. The average Bonchev–Trinajstić information content (AvgIpc) is 2.17. The zero-order valence-corrected chi connectivity index (χ0v) is 8.74. The predicted octanol–water partition coefficient (Wildman–Crippen LogP) is 2.05. The highest BCUT2D eigenvalue weighted by molar-refractivity contribution is 5.63. The summed E-state index contributed by atoms with van der Waals surface area (Å²) in [6.45, 7) is 4.06. The minimum absolute atomic E-state index is 0.125.